The zero-order valence-electron chi connectivity index (χ0n) is 30.1. The molecule has 2 aromatic carbocycles. The van der Waals surface area contributed by atoms with Gasteiger partial charge < -0.3 is 18.9 Å². The lowest BCUT2D eigenvalue weighted by Crippen LogP contribution is -2.49. The van der Waals surface area contributed by atoms with Crippen LogP contribution in [-0.2, 0) is 26.2 Å². The van der Waals surface area contributed by atoms with Gasteiger partial charge in [-0.25, -0.2) is 0 Å². The van der Waals surface area contributed by atoms with Gasteiger partial charge in [-0.1, -0.05) is 66.0 Å². The van der Waals surface area contributed by atoms with Crippen LogP contribution >= 0.6 is 23.2 Å². The SMILES string of the molecule is COc1nc(OCc2cccc(-c3cccc(COc4nc(OC)c(CNC5(C#N)CCC5)cc4Cl)c3C)c2C)c(Cl)cc1CCC1(C#N)CCC1. The molecule has 4 aromatic rings. The molecule has 0 aliphatic heterocycles. The van der Waals surface area contributed by atoms with Crippen LogP contribution in [0.1, 0.15) is 78.3 Å². The zero-order valence-corrected chi connectivity index (χ0v) is 31.6. The van der Waals surface area contributed by atoms with E-state index in [0.717, 1.165) is 89.5 Å². The summed E-state index contributed by atoms with van der Waals surface area (Å²) >= 11 is 13.3. The number of aromatic nitrogens is 2. The van der Waals surface area contributed by atoms with Gasteiger partial charge in [-0.05, 0) is 104 Å². The molecule has 9 nitrogen and oxygen atoms in total. The van der Waals surface area contributed by atoms with Crippen molar-refractivity contribution in [2.24, 2.45) is 5.41 Å². The van der Waals surface area contributed by atoms with E-state index in [9.17, 15) is 10.5 Å². The van der Waals surface area contributed by atoms with Crippen molar-refractivity contribution in [1.29, 1.82) is 10.5 Å². The molecular formula is C41H43Cl2N5O4. The number of hydrogen-bond acceptors (Lipinski definition) is 9. The Labute approximate surface area is 315 Å². The minimum atomic E-state index is -0.495. The van der Waals surface area contributed by atoms with E-state index in [1.807, 2.05) is 30.3 Å². The van der Waals surface area contributed by atoms with Gasteiger partial charge in [-0.2, -0.15) is 20.5 Å². The summed E-state index contributed by atoms with van der Waals surface area (Å²) < 4.78 is 23.5. The highest BCUT2D eigenvalue weighted by Gasteiger charge is 2.37. The van der Waals surface area contributed by atoms with Crippen molar-refractivity contribution in [1.82, 2.24) is 15.3 Å². The number of hydrogen-bond donors (Lipinski definition) is 1. The van der Waals surface area contributed by atoms with E-state index in [4.69, 9.17) is 42.1 Å². The second kappa shape index (κ2) is 16.0. The summed E-state index contributed by atoms with van der Waals surface area (Å²) in [7, 11) is 3.14. The number of nitriles is 2. The monoisotopic (exact) mass is 739 g/mol. The molecule has 52 heavy (non-hydrogen) atoms. The molecule has 2 aliphatic carbocycles. The number of halogens is 2. The van der Waals surface area contributed by atoms with Gasteiger partial charge in [-0.3, -0.25) is 5.32 Å². The molecule has 1 N–H and O–H groups in total. The van der Waals surface area contributed by atoms with E-state index in [2.05, 4.69) is 53.4 Å². The fourth-order valence-electron chi connectivity index (χ4n) is 6.92. The van der Waals surface area contributed by atoms with Crippen LogP contribution < -0.4 is 24.3 Å². The molecule has 0 radical (unpaired) electrons. The smallest absolute Gasteiger partial charge is 0.236 e. The highest BCUT2D eigenvalue weighted by Crippen LogP contribution is 2.45. The van der Waals surface area contributed by atoms with Gasteiger partial charge in [0.2, 0.25) is 23.5 Å². The van der Waals surface area contributed by atoms with Crippen molar-refractivity contribution in [3.63, 3.8) is 0 Å². The topological polar surface area (TPSA) is 122 Å². The molecule has 0 amide bonds. The number of aryl methyl sites for hydroxylation is 1. The largest absolute Gasteiger partial charge is 0.481 e. The van der Waals surface area contributed by atoms with Crippen LogP contribution in [-0.4, -0.2) is 29.7 Å². The van der Waals surface area contributed by atoms with Gasteiger partial charge in [0.05, 0.1) is 31.8 Å². The van der Waals surface area contributed by atoms with E-state index < -0.39 is 5.54 Å². The molecule has 0 saturated heterocycles. The maximum Gasteiger partial charge on any atom is 0.236 e. The second-order valence-corrected chi connectivity index (χ2v) is 14.6. The number of benzene rings is 2. The first-order valence-electron chi connectivity index (χ1n) is 17.6. The molecule has 0 bridgehead atoms. The minimum absolute atomic E-state index is 0.247. The number of methoxy groups -OCH3 is 2. The first-order chi connectivity index (χ1) is 25.1. The average Bonchev–Trinajstić information content (AvgIpc) is 3.11. The summed E-state index contributed by atoms with van der Waals surface area (Å²) in [6.45, 7) is 5.10. The van der Waals surface area contributed by atoms with Crippen LogP contribution in [0.2, 0.25) is 10.0 Å². The Morgan fingerprint density at radius 2 is 1.23 bits per heavy atom. The van der Waals surface area contributed by atoms with Crippen LogP contribution in [0.5, 0.6) is 23.5 Å². The Kier molecular flexibility index (Phi) is 11.5. The van der Waals surface area contributed by atoms with Gasteiger partial charge in [0.25, 0.3) is 0 Å². The van der Waals surface area contributed by atoms with Crippen molar-refractivity contribution in [3.8, 4) is 46.8 Å². The molecule has 6 rings (SSSR count). The number of rotatable bonds is 15. The highest BCUT2D eigenvalue weighted by molar-refractivity contribution is 6.32. The van der Waals surface area contributed by atoms with Crippen LogP contribution in [0.4, 0.5) is 0 Å². The predicted molar refractivity (Wildman–Crippen MR) is 201 cm³/mol. The molecule has 2 saturated carbocycles. The third-order valence-corrected chi connectivity index (χ3v) is 11.3. The fourth-order valence-corrected chi connectivity index (χ4v) is 7.38. The summed E-state index contributed by atoms with van der Waals surface area (Å²) in [6.07, 6.45) is 7.08. The summed E-state index contributed by atoms with van der Waals surface area (Å²) in [6, 6.07) is 20.8. The highest BCUT2D eigenvalue weighted by atomic mass is 35.5. The number of nitrogens with zero attached hydrogens (tertiary/aromatic N) is 4. The molecule has 270 valence electrons. The zero-order chi connectivity index (χ0) is 36.9. The molecule has 2 heterocycles. The maximum absolute atomic E-state index is 9.64. The minimum Gasteiger partial charge on any atom is -0.481 e. The Morgan fingerprint density at radius 1 is 0.712 bits per heavy atom. The first-order valence-corrected chi connectivity index (χ1v) is 18.4. The van der Waals surface area contributed by atoms with Crippen LogP contribution in [0.25, 0.3) is 11.1 Å². The van der Waals surface area contributed by atoms with Gasteiger partial charge in [-0.15, -0.1) is 0 Å². The van der Waals surface area contributed by atoms with Gasteiger partial charge in [0, 0.05) is 17.7 Å². The van der Waals surface area contributed by atoms with Crippen molar-refractivity contribution in [2.75, 3.05) is 14.2 Å². The number of nitrogens with one attached hydrogen (secondary N) is 1. The van der Waals surface area contributed by atoms with Crippen LogP contribution in [0.3, 0.4) is 0 Å². The lowest BCUT2D eigenvalue weighted by molar-refractivity contribution is 0.197. The lowest BCUT2D eigenvalue weighted by atomic mass is 9.67. The van der Waals surface area contributed by atoms with E-state index in [1.54, 1.807) is 20.3 Å². The van der Waals surface area contributed by atoms with Crippen LogP contribution in [0.15, 0.2) is 48.5 Å². The van der Waals surface area contributed by atoms with Gasteiger partial charge in [0.15, 0.2) is 0 Å². The molecule has 11 heteroatoms. The Bertz CT molecular complexity index is 1890. The predicted octanol–water partition coefficient (Wildman–Crippen LogP) is 9.40. The molecule has 0 atom stereocenters. The third kappa shape index (κ3) is 7.78. The van der Waals surface area contributed by atoms with E-state index >= 15 is 0 Å². The molecule has 0 unspecified atom stereocenters. The van der Waals surface area contributed by atoms with E-state index in [1.165, 1.54) is 0 Å². The standard InChI is InChI=1S/C41H43Cl2N5O4/c1-26-29(22-51-38-34(42)19-28(36(47-38)49-3)13-18-40(24-44)14-7-15-40)9-5-11-32(26)33-12-6-10-30(27(33)2)23-52-39-35(43)20-31(37(48-39)50-4)21-46-41(25-45)16-8-17-41/h5-6,9-12,19-20,46H,7-8,13-18,21-23H2,1-4H3. The van der Waals surface area contributed by atoms with E-state index in [0.29, 0.717) is 40.7 Å². The van der Waals surface area contributed by atoms with Crippen LogP contribution in [0, 0.1) is 41.9 Å². The number of ether oxygens (including phenoxy) is 4. The van der Waals surface area contributed by atoms with Crippen molar-refractivity contribution < 1.29 is 18.9 Å². The molecule has 2 aromatic heterocycles. The molecule has 2 aliphatic rings. The normalized spacial score (nSPS) is 15.4. The summed E-state index contributed by atoms with van der Waals surface area (Å²) in [5.74, 6) is 1.45. The van der Waals surface area contributed by atoms with Crippen molar-refractivity contribution in [3.05, 3.63) is 92.0 Å². The Balaban J connectivity index is 1.14. The summed E-state index contributed by atoms with van der Waals surface area (Å²) in [4.78, 5) is 9.16. The quantitative estimate of drug-likeness (QED) is 0.127. The van der Waals surface area contributed by atoms with Gasteiger partial charge >= 0.3 is 0 Å². The molecular weight excluding hydrogens is 697 g/mol. The van der Waals surface area contributed by atoms with Gasteiger partial charge in [0.1, 0.15) is 28.8 Å². The maximum atomic E-state index is 9.64. The van der Waals surface area contributed by atoms with Crippen molar-refractivity contribution >= 4 is 23.2 Å². The number of pyridine rings is 2. The molecule has 0 spiro atoms. The Hall–Kier alpha value is -4.54. The fraction of sp³-hybridized carbons (Fsp3) is 0.415. The molecule has 2 fully saturated rings. The second-order valence-electron chi connectivity index (χ2n) is 13.8. The Morgan fingerprint density at radius 3 is 1.67 bits per heavy atom. The average molecular weight is 741 g/mol. The third-order valence-electron chi connectivity index (χ3n) is 10.7. The van der Waals surface area contributed by atoms with Crippen molar-refractivity contribution in [2.45, 2.75) is 90.5 Å². The first kappa shape index (κ1) is 37.2. The lowest BCUT2D eigenvalue weighted by Gasteiger charge is -2.36. The van der Waals surface area contributed by atoms with E-state index in [-0.39, 0.29) is 24.5 Å². The summed E-state index contributed by atoms with van der Waals surface area (Å²) in [5.41, 5.74) is 7.17. The summed E-state index contributed by atoms with van der Waals surface area (Å²) in [5, 5.41) is 23.3.